The highest BCUT2D eigenvalue weighted by atomic mass is 35.5. The fraction of sp³-hybridized carbons (Fsp3) is 0.300. The van der Waals surface area contributed by atoms with Gasteiger partial charge in [-0.15, -0.1) is 0 Å². The van der Waals surface area contributed by atoms with E-state index in [-0.39, 0.29) is 86.9 Å². The van der Waals surface area contributed by atoms with Crippen molar-refractivity contribution in [3.05, 3.63) is 82.0 Å². The van der Waals surface area contributed by atoms with Gasteiger partial charge < -0.3 is 9.80 Å². The lowest BCUT2D eigenvalue weighted by atomic mass is 10.1. The first-order valence-electron chi connectivity index (χ1n) is 13.7. The molecular formula is C30H29ClF2N6O4S. The van der Waals surface area contributed by atoms with Crippen molar-refractivity contribution in [3.8, 4) is 16.9 Å². The normalized spacial score (nSPS) is 15.7. The van der Waals surface area contributed by atoms with E-state index in [4.69, 9.17) is 11.6 Å². The third-order valence-electron chi connectivity index (χ3n) is 7.46. The number of anilines is 1. The first-order chi connectivity index (χ1) is 20.7. The van der Waals surface area contributed by atoms with Gasteiger partial charge in [0, 0.05) is 43.7 Å². The van der Waals surface area contributed by atoms with Crippen molar-refractivity contribution in [1.29, 1.82) is 0 Å². The molecule has 0 aliphatic carbocycles. The van der Waals surface area contributed by atoms with Crippen molar-refractivity contribution in [3.63, 3.8) is 0 Å². The second kappa shape index (κ2) is 11.7. The van der Waals surface area contributed by atoms with Gasteiger partial charge in [0.05, 0.1) is 26.7 Å². The van der Waals surface area contributed by atoms with Crippen molar-refractivity contribution < 1.29 is 22.0 Å². The third-order valence-corrected chi connectivity index (χ3v) is 8.91. The predicted molar refractivity (Wildman–Crippen MR) is 164 cm³/mol. The zero-order valence-electron chi connectivity index (χ0n) is 24.4. The molecule has 0 bridgehead atoms. The Balaban J connectivity index is 1.89. The Morgan fingerprint density at radius 1 is 1.16 bits per heavy atom. The molecule has 0 unspecified atom stereocenters. The molecule has 5 rings (SSSR count). The number of aromatic nitrogens is 4. The molecule has 1 aliphatic heterocycles. The second-order valence-electron chi connectivity index (χ2n) is 10.9. The Hall–Kier alpha value is -4.23. The zero-order chi connectivity index (χ0) is 32.1. The molecule has 0 N–H and O–H groups in total. The number of carbonyl (C=O) groups is 1. The fourth-order valence-electron chi connectivity index (χ4n) is 5.39. The van der Waals surface area contributed by atoms with Crippen LogP contribution in [0.1, 0.15) is 32.4 Å². The number of pyridine rings is 2. The molecule has 0 spiro atoms. The van der Waals surface area contributed by atoms with E-state index < -0.39 is 27.2 Å². The van der Waals surface area contributed by atoms with Crippen LogP contribution in [0, 0.1) is 11.6 Å². The van der Waals surface area contributed by atoms with E-state index >= 15 is 4.39 Å². The van der Waals surface area contributed by atoms with Crippen molar-refractivity contribution in [2.24, 2.45) is 0 Å². The second-order valence-corrected chi connectivity index (χ2v) is 13.3. The Labute approximate surface area is 257 Å². The van der Waals surface area contributed by atoms with E-state index in [0.717, 1.165) is 29.0 Å². The summed E-state index contributed by atoms with van der Waals surface area (Å²) < 4.78 is 57.2. The largest absolute Gasteiger partial charge is 0.355 e. The molecule has 1 atom stereocenters. The van der Waals surface area contributed by atoms with Crippen LogP contribution in [0.5, 0.6) is 0 Å². The van der Waals surface area contributed by atoms with Crippen LogP contribution in [0.15, 0.2) is 58.9 Å². The summed E-state index contributed by atoms with van der Waals surface area (Å²) >= 11 is 6.33. The lowest BCUT2D eigenvalue weighted by Gasteiger charge is -2.40. The summed E-state index contributed by atoms with van der Waals surface area (Å²) in [5, 5.41) is 0.102. The molecule has 230 valence electrons. The van der Waals surface area contributed by atoms with E-state index in [1.165, 1.54) is 24.4 Å². The van der Waals surface area contributed by atoms with Gasteiger partial charge in [0.25, 0.3) is 0 Å². The minimum Gasteiger partial charge on any atom is -0.350 e. The highest BCUT2D eigenvalue weighted by molar-refractivity contribution is 7.90. The van der Waals surface area contributed by atoms with Gasteiger partial charge in [0.15, 0.2) is 15.5 Å². The number of rotatable bonds is 6. The number of sulfone groups is 1. The molecule has 1 aromatic carbocycles. The molecule has 44 heavy (non-hydrogen) atoms. The summed E-state index contributed by atoms with van der Waals surface area (Å²) in [5.74, 6) is -2.06. The van der Waals surface area contributed by atoms with Gasteiger partial charge in [0.2, 0.25) is 5.91 Å². The SMILES string of the molecule is C=CC(=O)N1CCN(c2nc(=O)n(-c3c(S(C)(=O)=O)ccnc3C(C)C)c3nc(-c4cc(F)ccc4Cl)c(F)cc23)[C@@H](C)C1. The number of piperazine rings is 1. The summed E-state index contributed by atoms with van der Waals surface area (Å²) in [5.41, 5.74) is -1.23. The maximum absolute atomic E-state index is 15.9. The van der Waals surface area contributed by atoms with Crippen LogP contribution in [0.2, 0.25) is 5.02 Å². The standard InChI is InChI=1S/C30H29ClF2N6O4S/c1-6-24(40)37-11-12-38(17(4)15-37)28-20-14-22(33)26(19-13-18(32)7-8-21(19)31)35-29(20)39(30(41)36-28)27-23(44(5,42)43)9-10-34-25(27)16(2)3/h6-10,13-14,16-17H,1,11-12,15H2,2-5H3/t17-/m0/s1. The highest BCUT2D eigenvalue weighted by Crippen LogP contribution is 2.36. The van der Waals surface area contributed by atoms with Crippen LogP contribution < -0.4 is 10.6 Å². The minimum absolute atomic E-state index is 0.0121. The first kappa shape index (κ1) is 31.2. The van der Waals surface area contributed by atoms with Crippen molar-refractivity contribution in [1.82, 2.24) is 24.4 Å². The molecule has 4 aromatic rings. The monoisotopic (exact) mass is 642 g/mol. The van der Waals surface area contributed by atoms with Crippen LogP contribution in [-0.4, -0.2) is 70.7 Å². The van der Waals surface area contributed by atoms with Crippen molar-refractivity contribution >= 4 is 44.2 Å². The number of nitrogens with zero attached hydrogens (tertiary/aromatic N) is 6. The number of carbonyl (C=O) groups excluding carboxylic acids is 1. The van der Waals surface area contributed by atoms with Gasteiger partial charge in [-0.3, -0.25) is 9.78 Å². The predicted octanol–water partition coefficient (Wildman–Crippen LogP) is 4.52. The van der Waals surface area contributed by atoms with Gasteiger partial charge in [0.1, 0.15) is 23.1 Å². The van der Waals surface area contributed by atoms with Crippen LogP contribution in [-0.2, 0) is 14.6 Å². The topological polar surface area (TPSA) is 118 Å². The van der Waals surface area contributed by atoms with Crippen LogP contribution >= 0.6 is 11.6 Å². The lowest BCUT2D eigenvalue weighted by Crippen LogP contribution is -2.54. The molecule has 10 nitrogen and oxygen atoms in total. The van der Waals surface area contributed by atoms with Gasteiger partial charge >= 0.3 is 5.69 Å². The van der Waals surface area contributed by atoms with E-state index in [0.29, 0.717) is 0 Å². The molecule has 1 amide bonds. The molecule has 4 heterocycles. The van der Waals surface area contributed by atoms with Gasteiger partial charge in [-0.1, -0.05) is 32.0 Å². The van der Waals surface area contributed by atoms with Gasteiger partial charge in [-0.05, 0) is 49.2 Å². The van der Waals surface area contributed by atoms with Gasteiger partial charge in [-0.25, -0.2) is 31.5 Å². The smallest absolute Gasteiger partial charge is 0.350 e. The fourth-order valence-corrected chi connectivity index (χ4v) is 6.46. The maximum Gasteiger partial charge on any atom is 0.355 e. The van der Waals surface area contributed by atoms with E-state index in [1.54, 1.807) is 23.6 Å². The number of hydrogen-bond donors (Lipinski definition) is 0. The molecule has 1 saturated heterocycles. The number of hydrogen-bond acceptors (Lipinski definition) is 8. The summed E-state index contributed by atoms with van der Waals surface area (Å²) in [7, 11) is -3.92. The molecule has 0 saturated carbocycles. The van der Waals surface area contributed by atoms with E-state index in [1.807, 2.05) is 6.92 Å². The maximum atomic E-state index is 15.9. The van der Waals surface area contributed by atoms with Gasteiger partial charge in [-0.2, -0.15) is 4.98 Å². The average Bonchev–Trinajstić information content (AvgIpc) is 2.97. The molecule has 1 aliphatic rings. The molecule has 0 radical (unpaired) electrons. The summed E-state index contributed by atoms with van der Waals surface area (Å²) in [6.07, 6.45) is 3.55. The summed E-state index contributed by atoms with van der Waals surface area (Å²) in [4.78, 5) is 42.7. The van der Waals surface area contributed by atoms with E-state index in [2.05, 4.69) is 21.5 Å². The van der Waals surface area contributed by atoms with E-state index in [9.17, 15) is 22.4 Å². The van der Waals surface area contributed by atoms with Crippen LogP contribution in [0.3, 0.4) is 0 Å². The average molecular weight is 643 g/mol. The quantitative estimate of drug-likeness (QED) is 0.282. The summed E-state index contributed by atoms with van der Waals surface area (Å²) in [6, 6.07) is 5.44. The third kappa shape index (κ3) is 5.57. The molecule has 3 aromatic heterocycles. The number of benzene rings is 1. The Kier molecular flexibility index (Phi) is 8.29. The number of halogens is 3. The summed E-state index contributed by atoms with van der Waals surface area (Å²) in [6.45, 7) is 9.74. The molecule has 14 heteroatoms. The Morgan fingerprint density at radius 2 is 1.89 bits per heavy atom. The Morgan fingerprint density at radius 3 is 2.52 bits per heavy atom. The minimum atomic E-state index is -3.92. The first-order valence-corrected chi connectivity index (χ1v) is 16.0. The lowest BCUT2D eigenvalue weighted by molar-refractivity contribution is -0.126. The van der Waals surface area contributed by atoms with Crippen LogP contribution in [0.4, 0.5) is 14.6 Å². The van der Waals surface area contributed by atoms with Crippen molar-refractivity contribution in [2.75, 3.05) is 30.8 Å². The highest BCUT2D eigenvalue weighted by Gasteiger charge is 2.32. The van der Waals surface area contributed by atoms with Crippen LogP contribution in [0.25, 0.3) is 28.0 Å². The number of amides is 1. The Bertz CT molecular complexity index is 2000. The van der Waals surface area contributed by atoms with Crippen molar-refractivity contribution in [2.45, 2.75) is 37.6 Å². The molecule has 1 fully saturated rings. The number of fused-ring (bicyclic) bond motifs is 1. The zero-order valence-corrected chi connectivity index (χ0v) is 26.0. The molecular weight excluding hydrogens is 614 g/mol.